The average molecular weight is 327 g/mol. The average Bonchev–Trinajstić information content (AvgIpc) is 2.06. The molecule has 0 fully saturated rings. The fraction of sp³-hybridized carbons (Fsp3) is 1.00. The third kappa shape index (κ3) is 11.3. The standard InChI is InChI=1S/C11H27BrO2Si2/c1-15(2,3)13-10-11(8-7-9-12)14-16(4,5)6/h11H,7-10H2,1-6H3. The molecular formula is C11H27BrO2Si2. The molecule has 0 aromatic heterocycles. The van der Waals surface area contributed by atoms with Crippen molar-refractivity contribution in [2.24, 2.45) is 0 Å². The molecule has 0 saturated carbocycles. The van der Waals surface area contributed by atoms with Gasteiger partial charge in [0.2, 0.25) is 0 Å². The summed E-state index contributed by atoms with van der Waals surface area (Å²) in [5.41, 5.74) is 0. The second kappa shape index (κ2) is 7.31. The zero-order valence-corrected chi connectivity index (χ0v) is 15.2. The third-order valence-electron chi connectivity index (χ3n) is 1.88. The van der Waals surface area contributed by atoms with Gasteiger partial charge in [0.1, 0.15) is 0 Å². The Balaban J connectivity index is 4.10. The molecule has 1 unspecified atom stereocenters. The van der Waals surface area contributed by atoms with E-state index in [1.54, 1.807) is 0 Å². The van der Waals surface area contributed by atoms with E-state index in [0.717, 1.165) is 24.8 Å². The Labute approximate surface area is 111 Å². The smallest absolute Gasteiger partial charge is 0.184 e. The van der Waals surface area contributed by atoms with E-state index in [9.17, 15) is 0 Å². The summed E-state index contributed by atoms with van der Waals surface area (Å²) < 4.78 is 12.1. The molecule has 0 rings (SSSR count). The van der Waals surface area contributed by atoms with Crippen molar-refractivity contribution in [3.05, 3.63) is 0 Å². The van der Waals surface area contributed by atoms with Crippen molar-refractivity contribution in [2.45, 2.75) is 58.2 Å². The van der Waals surface area contributed by atoms with E-state index in [2.05, 4.69) is 55.2 Å². The fourth-order valence-electron chi connectivity index (χ4n) is 1.32. The first kappa shape index (κ1) is 16.8. The van der Waals surface area contributed by atoms with E-state index in [4.69, 9.17) is 8.85 Å². The van der Waals surface area contributed by atoms with Crippen molar-refractivity contribution in [3.63, 3.8) is 0 Å². The summed E-state index contributed by atoms with van der Waals surface area (Å²) in [6, 6.07) is 0. The maximum Gasteiger partial charge on any atom is 0.184 e. The highest BCUT2D eigenvalue weighted by molar-refractivity contribution is 9.09. The minimum atomic E-state index is -1.45. The molecule has 0 bridgehead atoms. The van der Waals surface area contributed by atoms with Gasteiger partial charge in [0, 0.05) is 5.33 Å². The molecule has 0 aromatic rings. The number of alkyl halides is 1. The molecule has 0 N–H and O–H groups in total. The van der Waals surface area contributed by atoms with Gasteiger partial charge in [0.05, 0.1) is 12.7 Å². The lowest BCUT2D eigenvalue weighted by Crippen LogP contribution is -2.38. The van der Waals surface area contributed by atoms with Gasteiger partial charge in [-0.25, -0.2) is 0 Å². The van der Waals surface area contributed by atoms with Crippen LogP contribution in [0.15, 0.2) is 0 Å². The van der Waals surface area contributed by atoms with Crippen LogP contribution in [0.3, 0.4) is 0 Å². The minimum absolute atomic E-state index is 0.288. The van der Waals surface area contributed by atoms with Crippen LogP contribution in [-0.2, 0) is 8.85 Å². The zero-order valence-electron chi connectivity index (χ0n) is 11.6. The van der Waals surface area contributed by atoms with Crippen LogP contribution in [0.1, 0.15) is 12.8 Å². The zero-order chi connectivity index (χ0) is 12.8. The van der Waals surface area contributed by atoms with Crippen LogP contribution in [-0.4, -0.2) is 34.7 Å². The molecule has 0 aliphatic carbocycles. The monoisotopic (exact) mass is 326 g/mol. The molecule has 2 nitrogen and oxygen atoms in total. The van der Waals surface area contributed by atoms with Crippen molar-refractivity contribution in [1.29, 1.82) is 0 Å². The Bertz CT molecular complexity index is 187. The van der Waals surface area contributed by atoms with Crippen LogP contribution in [0, 0.1) is 0 Å². The summed E-state index contributed by atoms with van der Waals surface area (Å²) in [7, 11) is -2.86. The molecule has 1 atom stereocenters. The highest BCUT2D eigenvalue weighted by atomic mass is 79.9. The summed E-state index contributed by atoms with van der Waals surface area (Å²) in [5.74, 6) is 0. The summed E-state index contributed by atoms with van der Waals surface area (Å²) in [6.07, 6.45) is 2.54. The normalized spacial score (nSPS) is 15.2. The SMILES string of the molecule is C[Si](C)(C)OCC(CCCBr)O[Si](C)(C)C. The molecule has 0 aromatic carbocycles. The molecule has 98 valence electrons. The van der Waals surface area contributed by atoms with Crippen molar-refractivity contribution < 1.29 is 8.85 Å². The van der Waals surface area contributed by atoms with E-state index < -0.39 is 16.6 Å². The van der Waals surface area contributed by atoms with E-state index in [1.807, 2.05) is 0 Å². The molecule has 5 heteroatoms. The lowest BCUT2D eigenvalue weighted by molar-refractivity contribution is 0.111. The van der Waals surface area contributed by atoms with Gasteiger partial charge in [-0.1, -0.05) is 15.9 Å². The molecule has 0 aliphatic heterocycles. The third-order valence-corrected chi connectivity index (χ3v) is 4.52. The predicted molar refractivity (Wildman–Crippen MR) is 80.5 cm³/mol. The Kier molecular flexibility index (Phi) is 7.69. The van der Waals surface area contributed by atoms with E-state index in [-0.39, 0.29) is 6.10 Å². The van der Waals surface area contributed by atoms with Gasteiger partial charge in [-0.2, -0.15) is 0 Å². The van der Waals surface area contributed by atoms with Gasteiger partial charge in [-0.05, 0) is 52.1 Å². The Hall–Kier alpha value is 0.834. The van der Waals surface area contributed by atoms with Crippen LogP contribution in [0.4, 0.5) is 0 Å². The lowest BCUT2D eigenvalue weighted by atomic mass is 10.2. The maximum atomic E-state index is 6.15. The van der Waals surface area contributed by atoms with Crippen LogP contribution < -0.4 is 0 Å². The maximum absolute atomic E-state index is 6.15. The largest absolute Gasteiger partial charge is 0.415 e. The van der Waals surface area contributed by atoms with E-state index >= 15 is 0 Å². The predicted octanol–water partition coefficient (Wildman–Crippen LogP) is 4.23. The first-order valence-corrected chi connectivity index (χ1v) is 14.0. The molecule has 0 heterocycles. The molecular weight excluding hydrogens is 300 g/mol. The van der Waals surface area contributed by atoms with Crippen LogP contribution in [0.5, 0.6) is 0 Å². The molecule has 0 saturated heterocycles. The van der Waals surface area contributed by atoms with Gasteiger partial charge in [0.15, 0.2) is 16.6 Å². The van der Waals surface area contributed by atoms with Crippen LogP contribution in [0.25, 0.3) is 0 Å². The topological polar surface area (TPSA) is 18.5 Å². The second-order valence-electron chi connectivity index (χ2n) is 6.11. The molecule has 0 radical (unpaired) electrons. The van der Waals surface area contributed by atoms with Gasteiger partial charge in [0.25, 0.3) is 0 Å². The number of hydrogen-bond acceptors (Lipinski definition) is 2. The van der Waals surface area contributed by atoms with Crippen LogP contribution in [0.2, 0.25) is 39.3 Å². The second-order valence-corrected chi connectivity index (χ2v) is 15.9. The Morgan fingerprint density at radius 1 is 1.00 bits per heavy atom. The molecule has 16 heavy (non-hydrogen) atoms. The van der Waals surface area contributed by atoms with Gasteiger partial charge >= 0.3 is 0 Å². The van der Waals surface area contributed by atoms with E-state index in [1.165, 1.54) is 0 Å². The summed E-state index contributed by atoms with van der Waals surface area (Å²) >= 11 is 3.47. The quantitative estimate of drug-likeness (QED) is 0.490. The number of halogens is 1. The number of rotatable bonds is 8. The molecule has 0 aliphatic rings. The Morgan fingerprint density at radius 2 is 1.56 bits per heavy atom. The van der Waals surface area contributed by atoms with Gasteiger partial charge < -0.3 is 8.85 Å². The van der Waals surface area contributed by atoms with Gasteiger partial charge in [-0.3, -0.25) is 0 Å². The number of hydrogen-bond donors (Lipinski definition) is 0. The van der Waals surface area contributed by atoms with Gasteiger partial charge in [-0.15, -0.1) is 0 Å². The lowest BCUT2D eigenvalue weighted by Gasteiger charge is -2.29. The molecule has 0 amide bonds. The fourth-order valence-corrected chi connectivity index (χ4v) is 3.52. The van der Waals surface area contributed by atoms with Crippen molar-refractivity contribution in [1.82, 2.24) is 0 Å². The first-order chi connectivity index (χ1) is 7.14. The summed E-state index contributed by atoms with van der Waals surface area (Å²) in [6.45, 7) is 14.2. The van der Waals surface area contributed by atoms with Crippen molar-refractivity contribution >= 4 is 32.6 Å². The highest BCUT2D eigenvalue weighted by Gasteiger charge is 2.23. The highest BCUT2D eigenvalue weighted by Crippen LogP contribution is 2.15. The Morgan fingerprint density at radius 3 is 1.94 bits per heavy atom. The first-order valence-electron chi connectivity index (χ1n) is 6.02. The van der Waals surface area contributed by atoms with Crippen molar-refractivity contribution in [3.8, 4) is 0 Å². The summed E-state index contributed by atoms with van der Waals surface area (Å²) in [4.78, 5) is 0. The minimum Gasteiger partial charge on any atom is -0.415 e. The van der Waals surface area contributed by atoms with E-state index in [0.29, 0.717) is 0 Å². The molecule has 0 spiro atoms. The van der Waals surface area contributed by atoms with Crippen LogP contribution >= 0.6 is 15.9 Å². The van der Waals surface area contributed by atoms with Crippen molar-refractivity contribution in [2.75, 3.05) is 11.9 Å². The summed E-state index contributed by atoms with van der Waals surface area (Å²) in [5, 5.41) is 1.05.